The van der Waals surface area contributed by atoms with Gasteiger partial charge < -0.3 is 15.6 Å². The van der Waals surface area contributed by atoms with Crippen LogP contribution >= 0.6 is 0 Å². The van der Waals surface area contributed by atoms with Gasteiger partial charge in [0, 0.05) is 0 Å². The Morgan fingerprint density at radius 3 is 2.63 bits per heavy atom. The molecular formula is C12H16N2O5. The van der Waals surface area contributed by atoms with Crippen molar-refractivity contribution in [3.05, 3.63) is 35.9 Å². The van der Waals surface area contributed by atoms with Crippen LogP contribution in [0.4, 0.5) is 4.79 Å². The van der Waals surface area contributed by atoms with Gasteiger partial charge in [0.15, 0.2) is 0 Å². The molecule has 7 heteroatoms. The summed E-state index contributed by atoms with van der Waals surface area (Å²) in [7, 11) is 0. The van der Waals surface area contributed by atoms with Crippen LogP contribution in [0.5, 0.6) is 0 Å². The fourth-order valence-corrected chi connectivity index (χ4v) is 1.17. The summed E-state index contributed by atoms with van der Waals surface area (Å²) < 4.78 is 4.86. The summed E-state index contributed by atoms with van der Waals surface area (Å²) in [5, 5.41) is 8.51. The molecule has 0 aliphatic carbocycles. The van der Waals surface area contributed by atoms with Crippen molar-refractivity contribution >= 4 is 12.1 Å². The molecule has 0 aliphatic rings. The third-order valence-electron chi connectivity index (χ3n) is 2.22. The zero-order valence-electron chi connectivity index (χ0n) is 10.2. The second-order valence-corrected chi connectivity index (χ2v) is 3.75. The van der Waals surface area contributed by atoms with Gasteiger partial charge in [-0.15, -0.1) is 0 Å². The van der Waals surface area contributed by atoms with Crippen LogP contribution in [0.2, 0.25) is 0 Å². The van der Waals surface area contributed by atoms with Crippen molar-refractivity contribution in [3.63, 3.8) is 0 Å². The summed E-state index contributed by atoms with van der Waals surface area (Å²) >= 11 is 0. The number of nitrogens with two attached hydrogens (primary N) is 1. The standard InChI is InChI=1S/C12H16N2O5/c13-10(11(15)16)6-7-19-14-12(17)18-8-9-4-2-1-3-5-9/h1-5,10H,6-8,13H2,(H,14,17)(H,15,16). The summed E-state index contributed by atoms with van der Waals surface area (Å²) in [6.45, 7) is 0.124. The maximum absolute atomic E-state index is 11.2. The molecule has 4 N–H and O–H groups in total. The van der Waals surface area contributed by atoms with Crippen LogP contribution in [0, 0.1) is 0 Å². The number of ether oxygens (including phenoxy) is 1. The number of carbonyl (C=O) groups is 2. The summed E-state index contributed by atoms with van der Waals surface area (Å²) in [4.78, 5) is 26.3. The number of carbonyl (C=O) groups excluding carboxylic acids is 1. The maximum atomic E-state index is 11.2. The lowest BCUT2D eigenvalue weighted by Crippen LogP contribution is -2.33. The average Bonchev–Trinajstić information content (AvgIpc) is 2.42. The summed E-state index contributed by atoms with van der Waals surface area (Å²) in [5.74, 6) is -1.12. The Morgan fingerprint density at radius 1 is 1.32 bits per heavy atom. The topological polar surface area (TPSA) is 111 Å². The summed E-state index contributed by atoms with van der Waals surface area (Å²) in [6.07, 6.45) is -0.651. The number of carboxylic acids is 1. The Morgan fingerprint density at radius 2 is 2.00 bits per heavy atom. The molecule has 1 amide bonds. The van der Waals surface area contributed by atoms with Crippen molar-refractivity contribution in [1.29, 1.82) is 0 Å². The van der Waals surface area contributed by atoms with Gasteiger partial charge in [-0.1, -0.05) is 30.3 Å². The van der Waals surface area contributed by atoms with E-state index in [1.807, 2.05) is 35.8 Å². The minimum atomic E-state index is -1.12. The molecule has 1 aromatic carbocycles. The molecule has 0 saturated heterocycles. The van der Waals surface area contributed by atoms with Crippen molar-refractivity contribution in [2.75, 3.05) is 6.61 Å². The molecule has 19 heavy (non-hydrogen) atoms. The van der Waals surface area contributed by atoms with E-state index in [0.717, 1.165) is 5.56 Å². The molecule has 104 valence electrons. The molecule has 0 bridgehead atoms. The lowest BCUT2D eigenvalue weighted by Gasteiger charge is -2.08. The third-order valence-corrected chi connectivity index (χ3v) is 2.22. The number of rotatable bonds is 7. The van der Waals surface area contributed by atoms with Crippen LogP contribution in [-0.2, 0) is 21.0 Å². The molecule has 0 radical (unpaired) electrons. The highest BCUT2D eigenvalue weighted by molar-refractivity contribution is 5.73. The Balaban J connectivity index is 2.10. The molecule has 0 heterocycles. The number of benzene rings is 1. The highest BCUT2D eigenvalue weighted by Crippen LogP contribution is 2.00. The lowest BCUT2D eigenvalue weighted by atomic mass is 10.2. The van der Waals surface area contributed by atoms with Gasteiger partial charge in [-0.3, -0.25) is 9.63 Å². The highest BCUT2D eigenvalue weighted by Gasteiger charge is 2.11. The summed E-state index contributed by atoms with van der Waals surface area (Å²) in [5.41, 5.74) is 8.13. The van der Waals surface area contributed by atoms with Gasteiger partial charge in [0.05, 0.1) is 6.61 Å². The van der Waals surface area contributed by atoms with Gasteiger partial charge in [-0.2, -0.15) is 5.48 Å². The predicted molar refractivity (Wildman–Crippen MR) is 65.9 cm³/mol. The molecule has 1 unspecified atom stereocenters. The van der Waals surface area contributed by atoms with Crippen LogP contribution in [0.15, 0.2) is 30.3 Å². The molecular weight excluding hydrogens is 252 g/mol. The molecule has 0 aromatic heterocycles. The van der Waals surface area contributed by atoms with Gasteiger partial charge in [0.1, 0.15) is 12.6 Å². The number of amides is 1. The van der Waals surface area contributed by atoms with Crippen LogP contribution in [0.25, 0.3) is 0 Å². The van der Waals surface area contributed by atoms with Crippen LogP contribution < -0.4 is 11.2 Å². The highest BCUT2D eigenvalue weighted by atomic mass is 16.7. The van der Waals surface area contributed by atoms with Gasteiger partial charge in [-0.25, -0.2) is 4.79 Å². The van der Waals surface area contributed by atoms with Gasteiger partial charge in [0.25, 0.3) is 0 Å². The fraction of sp³-hybridized carbons (Fsp3) is 0.333. The average molecular weight is 268 g/mol. The number of aliphatic carboxylic acids is 1. The number of nitrogens with one attached hydrogen (secondary N) is 1. The van der Waals surface area contributed by atoms with Crippen LogP contribution in [0.3, 0.4) is 0 Å². The minimum Gasteiger partial charge on any atom is -0.480 e. The zero-order valence-corrected chi connectivity index (χ0v) is 10.2. The maximum Gasteiger partial charge on any atom is 0.431 e. The third kappa shape index (κ3) is 6.39. The molecule has 7 nitrogen and oxygen atoms in total. The van der Waals surface area contributed by atoms with E-state index in [9.17, 15) is 9.59 Å². The minimum absolute atomic E-state index is 0.00605. The van der Waals surface area contributed by atoms with E-state index >= 15 is 0 Å². The Bertz CT molecular complexity index is 410. The molecule has 1 aromatic rings. The molecule has 1 atom stereocenters. The Kier molecular flexibility index (Phi) is 6.34. The summed E-state index contributed by atoms with van der Waals surface area (Å²) in [6, 6.07) is 8.15. The van der Waals surface area contributed by atoms with Crippen LogP contribution in [0.1, 0.15) is 12.0 Å². The van der Waals surface area contributed by atoms with E-state index in [0.29, 0.717) is 0 Å². The molecule has 0 spiro atoms. The van der Waals surface area contributed by atoms with E-state index in [1.165, 1.54) is 0 Å². The molecule has 0 saturated carbocycles. The molecule has 0 aliphatic heterocycles. The second kappa shape index (κ2) is 8.06. The first-order valence-corrected chi connectivity index (χ1v) is 5.66. The number of hydroxylamine groups is 1. The van der Waals surface area contributed by atoms with Gasteiger partial charge in [0.2, 0.25) is 0 Å². The fourth-order valence-electron chi connectivity index (χ4n) is 1.17. The van der Waals surface area contributed by atoms with Crippen molar-refractivity contribution in [2.24, 2.45) is 5.73 Å². The van der Waals surface area contributed by atoms with Crippen LogP contribution in [-0.4, -0.2) is 29.8 Å². The van der Waals surface area contributed by atoms with E-state index < -0.39 is 18.1 Å². The first-order valence-electron chi connectivity index (χ1n) is 5.66. The Labute approximate surface area is 110 Å². The quantitative estimate of drug-likeness (QED) is 0.494. The van der Waals surface area contributed by atoms with E-state index in [2.05, 4.69) is 0 Å². The zero-order chi connectivity index (χ0) is 14.1. The number of carboxylic acid groups (broad SMARTS) is 1. The van der Waals surface area contributed by atoms with Gasteiger partial charge in [-0.05, 0) is 12.0 Å². The van der Waals surface area contributed by atoms with E-state index in [-0.39, 0.29) is 19.6 Å². The monoisotopic (exact) mass is 268 g/mol. The van der Waals surface area contributed by atoms with E-state index in [1.54, 1.807) is 0 Å². The van der Waals surface area contributed by atoms with Crippen molar-refractivity contribution in [2.45, 2.75) is 19.1 Å². The predicted octanol–water partition coefficient (Wildman–Crippen LogP) is 0.646. The van der Waals surface area contributed by atoms with Crippen molar-refractivity contribution in [3.8, 4) is 0 Å². The normalized spacial score (nSPS) is 11.6. The lowest BCUT2D eigenvalue weighted by molar-refractivity contribution is -0.139. The number of hydrogen-bond acceptors (Lipinski definition) is 5. The SMILES string of the molecule is NC(CCONC(=O)OCc1ccccc1)C(=O)O. The molecule has 0 fully saturated rings. The second-order valence-electron chi connectivity index (χ2n) is 3.75. The van der Waals surface area contributed by atoms with Crippen molar-refractivity contribution < 1.29 is 24.3 Å². The first-order chi connectivity index (χ1) is 9.09. The first kappa shape index (κ1) is 14.9. The Hall–Kier alpha value is -2.12. The van der Waals surface area contributed by atoms with Gasteiger partial charge >= 0.3 is 12.1 Å². The smallest absolute Gasteiger partial charge is 0.431 e. The van der Waals surface area contributed by atoms with E-state index in [4.69, 9.17) is 20.4 Å². The number of hydrogen-bond donors (Lipinski definition) is 3. The van der Waals surface area contributed by atoms with Crippen molar-refractivity contribution in [1.82, 2.24) is 5.48 Å². The largest absolute Gasteiger partial charge is 0.480 e. The molecule has 1 rings (SSSR count).